The first-order valence-corrected chi connectivity index (χ1v) is 31.0. The van der Waals surface area contributed by atoms with Crippen LogP contribution in [0.25, 0.3) is 34.2 Å². The van der Waals surface area contributed by atoms with E-state index in [1.54, 1.807) is 95.7 Å². The van der Waals surface area contributed by atoms with E-state index < -0.39 is 0 Å². The number of methoxy groups -OCH3 is 3. The summed E-state index contributed by atoms with van der Waals surface area (Å²) in [5.74, 6) is 4.59. The molecule has 0 bridgehead atoms. The number of hydrogen-bond acceptors (Lipinski definition) is 18. The van der Waals surface area contributed by atoms with Crippen molar-refractivity contribution >= 4 is 18.6 Å². The molecule has 3 atom stereocenters. The van der Waals surface area contributed by atoms with Crippen molar-refractivity contribution in [1.29, 1.82) is 0 Å². The molecule has 0 spiro atoms. The van der Waals surface area contributed by atoms with Gasteiger partial charge >= 0.3 is 34.1 Å². The standard InChI is InChI=1S/3C26H24N4O2.4ClH.2Fe/c3*1-19(21-7-10-23(31-2)11-8-21)28-16-22-9-12-24(17-29-22)32-18-20-6-13-26(30-15-20)25-5-3-4-14-27-25;;;;;;/h3*3-17,19H,18H2,1-2H3;4*1H;;/q;;;;;;;2*+2/p-4/t3*19-;;;;;;/m111....../s1. The number of rotatable bonds is 24. The Morgan fingerprint density at radius 3 is 0.745 bits per heavy atom. The average molecular weight is 1530 g/mol. The van der Waals surface area contributed by atoms with Crippen molar-refractivity contribution in [3.63, 3.8) is 0 Å². The van der Waals surface area contributed by atoms with Gasteiger partial charge in [0.25, 0.3) is 0 Å². The van der Waals surface area contributed by atoms with Crippen LogP contribution in [-0.2, 0) is 54.0 Å². The summed E-state index contributed by atoms with van der Waals surface area (Å²) in [5, 5.41) is 0. The van der Waals surface area contributed by atoms with Gasteiger partial charge in [0.2, 0.25) is 0 Å². The Morgan fingerprint density at radius 1 is 0.284 bits per heavy atom. The van der Waals surface area contributed by atoms with E-state index in [-0.39, 0.29) is 102 Å². The van der Waals surface area contributed by atoms with Gasteiger partial charge in [-0.3, -0.25) is 59.8 Å². The van der Waals surface area contributed by atoms with E-state index in [9.17, 15) is 0 Å². The Hall–Kier alpha value is -9.98. The number of benzene rings is 3. The molecule has 18 nitrogen and oxygen atoms in total. The van der Waals surface area contributed by atoms with Crippen LogP contribution in [0.1, 0.15) is 89.4 Å². The molecule has 9 heterocycles. The van der Waals surface area contributed by atoms with Crippen molar-refractivity contribution < 1.29 is 112 Å². The van der Waals surface area contributed by atoms with Gasteiger partial charge in [0.1, 0.15) is 54.3 Å². The van der Waals surface area contributed by atoms with Crippen molar-refractivity contribution in [3.05, 3.63) is 306 Å². The minimum Gasteiger partial charge on any atom is -1.00 e. The van der Waals surface area contributed by atoms with Crippen LogP contribution in [0.3, 0.4) is 0 Å². The maximum absolute atomic E-state index is 5.83. The SMILES string of the molecule is COc1ccc([C@@H](C)N=Cc2ccc(OCc3ccc(-c4ccccn4)nc3)cn2)cc1.COc1ccc([C@@H](C)N=Cc2ccc(OCc3ccc(-c4ccccn4)nc3)cn2)cc1.COc1ccc([C@@H](C)N=Cc2ccc(OCc3ccc(-c4ccccn4)nc3)cn2)cc1.[Cl-].[Cl-].[Cl-].[Cl-].[Fe+2].[Fe+2]. The van der Waals surface area contributed by atoms with E-state index in [0.29, 0.717) is 37.1 Å². The first-order chi connectivity index (χ1) is 47.1. The Labute approximate surface area is 641 Å². The summed E-state index contributed by atoms with van der Waals surface area (Å²) in [6.45, 7) is 7.38. The Balaban J connectivity index is 0.000000315. The summed E-state index contributed by atoms with van der Waals surface area (Å²) < 4.78 is 33.1. The van der Waals surface area contributed by atoms with Crippen molar-refractivity contribution in [2.75, 3.05) is 21.3 Å². The number of ether oxygens (including phenoxy) is 6. The molecule has 9 aromatic heterocycles. The second-order valence-corrected chi connectivity index (χ2v) is 21.6. The van der Waals surface area contributed by atoms with E-state index in [1.165, 1.54) is 0 Å². The number of aliphatic imine (C=N–C) groups is 3. The summed E-state index contributed by atoms with van der Waals surface area (Å²) in [5.41, 5.74) is 13.7. The summed E-state index contributed by atoms with van der Waals surface area (Å²) >= 11 is 0. The minimum absolute atomic E-state index is 0. The molecule has 24 heteroatoms. The molecule has 0 saturated carbocycles. The fraction of sp³-hybridized carbons (Fsp3) is 0.154. The van der Waals surface area contributed by atoms with E-state index in [2.05, 4.69) is 59.8 Å². The van der Waals surface area contributed by atoms with Gasteiger partial charge in [-0.25, -0.2) is 0 Å². The third-order valence-electron chi connectivity index (χ3n) is 14.8. The Kier molecular flexibility index (Phi) is 37.3. The molecule has 12 rings (SSSR count). The van der Waals surface area contributed by atoms with Gasteiger partial charge in [0.15, 0.2) is 0 Å². The van der Waals surface area contributed by atoms with E-state index >= 15 is 0 Å². The predicted molar refractivity (Wildman–Crippen MR) is 375 cm³/mol. The molecule has 524 valence electrons. The number of pyridine rings is 9. The molecular weight excluding hydrogens is 1450 g/mol. The molecule has 0 saturated heterocycles. The molecule has 0 radical (unpaired) electrons. The molecule has 0 unspecified atom stereocenters. The zero-order valence-electron chi connectivity index (χ0n) is 56.4. The van der Waals surface area contributed by atoms with Crippen LogP contribution in [0.2, 0.25) is 0 Å². The van der Waals surface area contributed by atoms with Gasteiger partial charge in [-0.1, -0.05) is 72.8 Å². The van der Waals surface area contributed by atoms with Gasteiger partial charge in [-0.05, 0) is 165 Å². The topological polar surface area (TPSA) is 208 Å². The summed E-state index contributed by atoms with van der Waals surface area (Å²) in [6.07, 6.45) is 21.1. The molecule has 12 aromatic rings. The number of halogens is 4. The van der Waals surface area contributed by atoms with Crippen LogP contribution in [0.4, 0.5) is 0 Å². The Bertz CT molecular complexity index is 3920. The second kappa shape index (κ2) is 45.0. The largest absolute Gasteiger partial charge is 2.00 e. The minimum atomic E-state index is 0. The average Bonchev–Trinajstić information content (AvgIpc) is 0.885. The normalized spacial score (nSPS) is 11.2. The summed E-state index contributed by atoms with van der Waals surface area (Å²) in [7, 11) is 4.98. The number of nitrogens with zero attached hydrogens (tertiary/aromatic N) is 12. The maximum atomic E-state index is 5.83. The van der Waals surface area contributed by atoms with Crippen LogP contribution in [-0.4, -0.2) is 84.8 Å². The smallest absolute Gasteiger partial charge is 1.00 e. The van der Waals surface area contributed by atoms with Crippen LogP contribution < -0.4 is 78.0 Å². The molecule has 0 aliphatic heterocycles. The van der Waals surface area contributed by atoms with Crippen molar-refractivity contribution in [2.24, 2.45) is 15.0 Å². The van der Waals surface area contributed by atoms with Crippen molar-refractivity contribution in [3.8, 4) is 68.7 Å². The third kappa shape index (κ3) is 26.5. The van der Waals surface area contributed by atoms with Crippen LogP contribution in [0, 0.1) is 0 Å². The van der Waals surface area contributed by atoms with Crippen molar-refractivity contribution in [1.82, 2.24) is 44.9 Å². The molecule has 3 aromatic carbocycles. The zero-order valence-corrected chi connectivity index (χ0v) is 61.6. The molecule has 0 aliphatic rings. The molecule has 0 fully saturated rings. The van der Waals surface area contributed by atoms with E-state index in [4.69, 9.17) is 28.4 Å². The van der Waals surface area contributed by atoms with Crippen LogP contribution in [0.5, 0.6) is 34.5 Å². The quantitative estimate of drug-likeness (QED) is 0.0621. The van der Waals surface area contributed by atoms with Gasteiger partial charge in [-0.2, -0.15) is 0 Å². The fourth-order valence-electron chi connectivity index (χ4n) is 9.16. The van der Waals surface area contributed by atoms with Crippen LogP contribution >= 0.6 is 0 Å². The molecule has 0 amide bonds. The monoisotopic (exact) mass is 1520 g/mol. The summed E-state index contributed by atoms with van der Waals surface area (Å²) in [4.78, 5) is 53.4. The van der Waals surface area contributed by atoms with Crippen molar-refractivity contribution in [2.45, 2.75) is 58.7 Å². The zero-order chi connectivity index (χ0) is 66.5. The number of hydrogen-bond donors (Lipinski definition) is 0. The molecular formula is C78H72Cl4Fe2N12O6. The second-order valence-electron chi connectivity index (χ2n) is 21.6. The molecule has 102 heavy (non-hydrogen) atoms. The first-order valence-electron chi connectivity index (χ1n) is 31.0. The van der Waals surface area contributed by atoms with Gasteiger partial charge < -0.3 is 78.0 Å². The number of aromatic nitrogens is 9. The summed E-state index contributed by atoms with van der Waals surface area (Å²) in [6, 6.07) is 64.3. The fourth-order valence-corrected chi connectivity index (χ4v) is 9.16. The van der Waals surface area contributed by atoms with Gasteiger partial charge in [0.05, 0.1) is 109 Å². The first kappa shape index (κ1) is 84.4. The van der Waals surface area contributed by atoms with Gasteiger partial charge in [0, 0.05) is 72.5 Å². The third-order valence-corrected chi connectivity index (χ3v) is 14.8. The molecule has 0 N–H and O–H groups in total. The van der Waals surface area contributed by atoms with Gasteiger partial charge in [-0.15, -0.1) is 0 Å². The maximum Gasteiger partial charge on any atom is 2.00 e. The van der Waals surface area contributed by atoms with E-state index in [1.807, 2.05) is 221 Å². The predicted octanol–water partition coefficient (Wildman–Crippen LogP) is 3.93. The van der Waals surface area contributed by atoms with E-state index in [0.717, 1.165) is 102 Å². The molecule has 0 aliphatic carbocycles. The Morgan fingerprint density at radius 2 is 0.539 bits per heavy atom. The van der Waals surface area contributed by atoms with Crippen LogP contribution in [0.15, 0.2) is 271 Å².